The van der Waals surface area contributed by atoms with Gasteiger partial charge in [-0.3, -0.25) is 9.59 Å². The predicted octanol–water partition coefficient (Wildman–Crippen LogP) is 2.96. The Hall–Kier alpha value is -2.95. The second-order valence-corrected chi connectivity index (χ2v) is 6.01. The monoisotopic (exact) mass is 335 g/mol. The maximum Gasteiger partial charge on any atom is 0.220 e. The van der Waals surface area contributed by atoms with Gasteiger partial charge >= 0.3 is 0 Å². The van der Waals surface area contributed by atoms with Gasteiger partial charge in [0.1, 0.15) is 5.82 Å². The molecule has 2 aromatic heterocycles. The number of amides is 1. The van der Waals surface area contributed by atoms with Crippen LogP contribution in [-0.2, 0) is 11.2 Å². The lowest BCUT2D eigenvalue weighted by Crippen LogP contribution is -2.26. The number of fused-ring (bicyclic) bond motifs is 1. The third-order valence-corrected chi connectivity index (χ3v) is 4.21. The topological polar surface area (TPSA) is 63.5 Å². The molecule has 0 saturated heterocycles. The molecule has 1 aromatic carbocycles. The molecule has 2 heterocycles. The Balaban J connectivity index is 1.45. The van der Waals surface area contributed by atoms with Crippen LogP contribution in [0.5, 0.6) is 0 Å². The summed E-state index contributed by atoms with van der Waals surface area (Å²) in [5.41, 5.74) is 2.67. The zero-order chi connectivity index (χ0) is 17.6. The number of imidazole rings is 1. The minimum atomic E-state index is -0.109. The summed E-state index contributed by atoms with van der Waals surface area (Å²) >= 11 is 0. The standard InChI is InChI=1S/C20H21N3O2/c1-15-6-2-3-8-17(15)18(24)9-10-20(25)21-12-11-19-22-14-16-7-4-5-13-23(16)19/h2-8,13-14H,9-12H2,1H3,(H,21,25). The second kappa shape index (κ2) is 7.75. The SMILES string of the molecule is Cc1ccccc1C(=O)CCC(=O)NCCc1ncc2ccccn12. The summed E-state index contributed by atoms with van der Waals surface area (Å²) in [5, 5.41) is 2.86. The molecular weight excluding hydrogens is 314 g/mol. The van der Waals surface area contributed by atoms with Crippen LogP contribution in [-0.4, -0.2) is 27.6 Å². The molecule has 0 aliphatic rings. The van der Waals surface area contributed by atoms with Crippen molar-refractivity contribution in [2.75, 3.05) is 6.54 Å². The molecule has 5 nitrogen and oxygen atoms in total. The summed E-state index contributed by atoms with van der Waals surface area (Å²) in [6, 6.07) is 13.4. The Morgan fingerprint density at radius 3 is 2.72 bits per heavy atom. The third-order valence-electron chi connectivity index (χ3n) is 4.21. The molecule has 0 aliphatic carbocycles. The molecule has 0 fully saturated rings. The van der Waals surface area contributed by atoms with Gasteiger partial charge < -0.3 is 9.72 Å². The fraction of sp³-hybridized carbons (Fsp3) is 0.250. The third kappa shape index (κ3) is 4.12. The molecule has 1 N–H and O–H groups in total. The van der Waals surface area contributed by atoms with Crippen molar-refractivity contribution in [2.24, 2.45) is 0 Å². The van der Waals surface area contributed by atoms with Crippen LogP contribution in [0, 0.1) is 6.92 Å². The first-order valence-corrected chi connectivity index (χ1v) is 8.41. The molecule has 0 radical (unpaired) electrons. The number of pyridine rings is 1. The van der Waals surface area contributed by atoms with Gasteiger partial charge in [0, 0.05) is 37.6 Å². The zero-order valence-electron chi connectivity index (χ0n) is 14.2. The van der Waals surface area contributed by atoms with Gasteiger partial charge in [-0.1, -0.05) is 30.3 Å². The van der Waals surface area contributed by atoms with Crippen molar-refractivity contribution in [1.29, 1.82) is 0 Å². The van der Waals surface area contributed by atoms with Gasteiger partial charge in [0.25, 0.3) is 0 Å². The predicted molar refractivity (Wildman–Crippen MR) is 96.6 cm³/mol. The molecule has 0 unspecified atom stereocenters. The molecule has 0 saturated carbocycles. The van der Waals surface area contributed by atoms with Crippen molar-refractivity contribution in [3.8, 4) is 0 Å². The van der Waals surface area contributed by atoms with E-state index in [9.17, 15) is 9.59 Å². The number of carbonyl (C=O) groups excluding carboxylic acids is 2. The highest BCUT2D eigenvalue weighted by molar-refractivity contribution is 5.99. The number of hydrogen-bond donors (Lipinski definition) is 1. The van der Waals surface area contributed by atoms with Crippen molar-refractivity contribution >= 4 is 17.2 Å². The van der Waals surface area contributed by atoms with Crippen LogP contribution in [0.25, 0.3) is 5.52 Å². The molecule has 0 atom stereocenters. The Labute approximate surface area is 146 Å². The van der Waals surface area contributed by atoms with Gasteiger partial charge in [0.15, 0.2) is 5.78 Å². The lowest BCUT2D eigenvalue weighted by atomic mass is 10.0. The number of nitrogens with one attached hydrogen (secondary N) is 1. The van der Waals surface area contributed by atoms with Crippen LogP contribution >= 0.6 is 0 Å². The van der Waals surface area contributed by atoms with Gasteiger partial charge in [-0.2, -0.15) is 0 Å². The van der Waals surface area contributed by atoms with E-state index < -0.39 is 0 Å². The highest BCUT2D eigenvalue weighted by atomic mass is 16.2. The summed E-state index contributed by atoms with van der Waals surface area (Å²) in [4.78, 5) is 28.5. The number of benzene rings is 1. The Kier molecular flexibility index (Phi) is 5.23. The number of aryl methyl sites for hydroxylation is 1. The Morgan fingerprint density at radius 1 is 1.08 bits per heavy atom. The van der Waals surface area contributed by atoms with Crippen LogP contribution in [0.1, 0.15) is 34.6 Å². The molecule has 5 heteroatoms. The smallest absolute Gasteiger partial charge is 0.220 e. The Bertz CT molecular complexity index is 899. The lowest BCUT2D eigenvalue weighted by molar-refractivity contribution is -0.121. The fourth-order valence-electron chi connectivity index (χ4n) is 2.83. The first kappa shape index (κ1) is 16.9. The van der Waals surface area contributed by atoms with Gasteiger partial charge in [-0.25, -0.2) is 4.98 Å². The first-order valence-electron chi connectivity index (χ1n) is 8.41. The maximum absolute atomic E-state index is 12.2. The van der Waals surface area contributed by atoms with E-state index >= 15 is 0 Å². The van der Waals surface area contributed by atoms with Crippen LogP contribution < -0.4 is 5.32 Å². The van der Waals surface area contributed by atoms with Gasteiger partial charge in [-0.15, -0.1) is 0 Å². The first-order chi connectivity index (χ1) is 12.1. The number of carbonyl (C=O) groups is 2. The second-order valence-electron chi connectivity index (χ2n) is 6.01. The van der Waals surface area contributed by atoms with Crippen molar-refractivity contribution in [1.82, 2.24) is 14.7 Å². The molecule has 128 valence electrons. The van der Waals surface area contributed by atoms with E-state index in [2.05, 4.69) is 10.3 Å². The quantitative estimate of drug-likeness (QED) is 0.675. The van der Waals surface area contributed by atoms with Crippen LogP contribution in [0.2, 0.25) is 0 Å². The lowest BCUT2D eigenvalue weighted by Gasteiger charge is -2.06. The van der Waals surface area contributed by atoms with Crippen molar-refractivity contribution in [2.45, 2.75) is 26.2 Å². The molecule has 3 rings (SSSR count). The van der Waals surface area contributed by atoms with Crippen LogP contribution in [0.15, 0.2) is 54.9 Å². The summed E-state index contributed by atoms with van der Waals surface area (Å²) in [6.07, 6.45) is 4.85. The van der Waals surface area contributed by atoms with E-state index in [-0.39, 0.29) is 24.5 Å². The van der Waals surface area contributed by atoms with Crippen molar-refractivity contribution in [3.05, 3.63) is 71.8 Å². The van der Waals surface area contributed by atoms with E-state index in [0.29, 0.717) is 18.5 Å². The molecule has 1 amide bonds. The fourth-order valence-corrected chi connectivity index (χ4v) is 2.83. The average molecular weight is 335 g/mol. The van der Waals surface area contributed by atoms with E-state index in [1.165, 1.54) is 0 Å². The highest BCUT2D eigenvalue weighted by Crippen LogP contribution is 2.11. The number of aromatic nitrogens is 2. The minimum Gasteiger partial charge on any atom is -0.356 e. The average Bonchev–Trinajstić information content (AvgIpc) is 3.03. The number of ketones is 1. The van der Waals surface area contributed by atoms with E-state index in [1.807, 2.05) is 60.1 Å². The summed E-state index contributed by atoms with van der Waals surface area (Å²) in [6.45, 7) is 2.41. The van der Waals surface area contributed by atoms with Crippen LogP contribution in [0.4, 0.5) is 0 Å². The van der Waals surface area contributed by atoms with Gasteiger partial charge in [0.05, 0.1) is 11.7 Å². The molecule has 0 bridgehead atoms. The van der Waals surface area contributed by atoms with E-state index in [4.69, 9.17) is 0 Å². The van der Waals surface area contributed by atoms with E-state index in [1.54, 1.807) is 6.07 Å². The van der Waals surface area contributed by atoms with Crippen LogP contribution in [0.3, 0.4) is 0 Å². The zero-order valence-corrected chi connectivity index (χ0v) is 14.2. The molecule has 0 aliphatic heterocycles. The summed E-state index contributed by atoms with van der Waals surface area (Å²) in [7, 11) is 0. The number of Topliss-reactive ketones (excluding diaryl/α,β-unsaturated/α-hetero) is 1. The van der Waals surface area contributed by atoms with E-state index in [0.717, 1.165) is 16.9 Å². The number of nitrogens with zero attached hydrogens (tertiary/aromatic N) is 2. The van der Waals surface area contributed by atoms with Gasteiger partial charge in [-0.05, 0) is 24.6 Å². The number of rotatable bonds is 7. The molecule has 25 heavy (non-hydrogen) atoms. The molecule has 0 spiro atoms. The largest absolute Gasteiger partial charge is 0.356 e. The molecule has 3 aromatic rings. The molecular formula is C20H21N3O2. The maximum atomic E-state index is 12.2. The highest BCUT2D eigenvalue weighted by Gasteiger charge is 2.11. The summed E-state index contributed by atoms with van der Waals surface area (Å²) in [5.74, 6) is 0.808. The van der Waals surface area contributed by atoms with Gasteiger partial charge in [0.2, 0.25) is 5.91 Å². The normalized spacial score (nSPS) is 10.8. The minimum absolute atomic E-state index is 0.00695. The summed E-state index contributed by atoms with van der Waals surface area (Å²) < 4.78 is 2.01. The Morgan fingerprint density at radius 2 is 1.88 bits per heavy atom. The number of hydrogen-bond acceptors (Lipinski definition) is 3. The van der Waals surface area contributed by atoms with Crippen molar-refractivity contribution < 1.29 is 9.59 Å². The van der Waals surface area contributed by atoms with Crippen molar-refractivity contribution in [3.63, 3.8) is 0 Å².